The third kappa shape index (κ3) is 5.24. The number of rotatable bonds is 4. The summed E-state index contributed by atoms with van der Waals surface area (Å²) in [6, 6.07) is 2.97. The van der Waals surface area contributed by atoms with Gasteiger partial charge in [-0.25, -0.2) is 0 Å². The number of nitrogens with zero attached hydrogens (tertiary/aromatic N) is 2. The number of hydrogen-bond donors (Lipinski definition) is 2. The summed E-state index contributed by atoms with van der Waals surface area (Å²) < 4.78 is 42.7. The molecule has 3 rings (SSSR count). The normalized spacial score (nSPS) is 14.9. The van der Waals surface area contributed by atoms with Gasteiger partial charge in [0, 0.05) is 11.3 Å². The van der Waals surface area contributed by atoms with Crippen molar-refractivity contribution in [2.45, 2.75) is 38.8 Å². The molecule has 28 heavy (non-hydrogen) atoms. The molecule has 0 bridgehead atoms. The van der Waals surface area contributed by atoms with Crippen LogP contribution in [0.1, 0.15) is 42.6 Å². The molecule has 0 saturated heterocycles. The van der Waals surface area contributed by atoms with Crippen LogP contribution in [0.3, 0.4) is 0 Å². The van der Waals surface area contributed by atoms with Crippen molar-refractivity contribution in [3.8, 4) is 0 Å². The Labute approximate surface area is 186 Å². The topological polar surface area (TPSA) is 65.0 Å². The fraction of sp³-hybridized carbons (Fsp3) is 0.350. The van der Waals surface area contributed by atoms with Gasteiger partial charge in [0.05, 0.1) is 5.57 Å². The van der Waals surface area contributed by atoms with E-state index in [1.807, 2.05) is 0 Å². The molecule has 0 aromatic carbocycles. The van der Waals surface area contributed by atoms with Gasteiger partial charge in [-0.05, 0) is 43.9 Å². The Kier molecular flexibility index (Phi) is 8.90. The molecule has 0 unspecified atom stereocenters. The Morgan fingerprint density at radius 1 is 1.32 bits per heavy atom. The van der Waals surface area contributed by atoms with E-state index in [9.17, 15) is 13.2 Å². The van der Waals surface area contributed by atoms with Crippen LogP contribution >= 0.6 is 0 Å². The van der Waals surface area contributed by atoms with E-state index in [4.69, 9.17) is 10.8 Å². The van der Waals surface area contributed by atoms with Crippen LogP contribution in [-0.2, 0) is 0 Å². The Morgan fingerprint density at radius 2 is 1.93 bits per heavy atom. The van der Waals surface area contributed by atoms with Crippen LogP contribution in [0.4, 0.5) is 13.2 Å². The maximum Gasteiger partial charge on any atom is 2.00 e. The summed E-state index contributed by atoms with van der Waals surface area (Å²) in [4.78, 5) is 4.12. The third-order valence-corrected chi connectivity index (χ3v) is 4.82. The summed E-state index contributed by atoms with van der Waals surface area (Å²) in [5.41, 5.74) is 1.17. The maximum atomic E-state index is 13.7. The number of imidazole rings is 1. The van der Waals surface area contributed by atoms with Crippen molar-refractivity contribution < 1.29 is 44.3 Å². The summed E-state index contributed by atoms with van der Waals surface area (Å²) in [5, 5.41) is 12.4. The summed E-state index contributed by atoms with van der Waals surface area (Å²) >= 11 is 0. The summed E-state index contributed by atoms with van der Waals surface area (Å²) in [5.74, 6) is 0.133. The molecule has 1 aliphatic rings. The van der Waals surface area contributed by atoms with Gasteiger partial charge in [-0.3, -0.25) is 4.98 Å². The standard InChI is InChI=1S/C19H19F3N3.CH2N.U/c1-12(14-5-3-4-6-14)9-17(19(20,21)22)16-7-8-18-24-15(10-23)11-25(18)13(16)2;1-2;/h7-9,11,14,23H,1,3-6H2,2H3;1-2H;/q2*-1;+2/b17-9+;;. The number of pyridine rings is 1. The first-order valence-corrected chi connectivity index (χ1v) is 8.49. The zero-order valence-corrected chi connectivity index (χ0v) is 19.7. The zero-order chi connectivity index (χ0) is 20.2. The van der Waals surface area contributed by atoms with Crippen molar-refractivity contribution in [3.05, 3.63) is 53.5 Å². The summed E-state index contributed by atoms with van der Waals surface area (Å²) in [6.07, 6.45) is 4.29. The smallest absolute Gasteiger partial charge is 0.522 e. The Bertz CT molecular complexity index is 877. The molecule has 146 valence electrons. The molecule has 0 radical (unpaired) electrons. The van der Waals surface area contributed by atoms with E-state index in [-0.39, 0.29) is 48.3 Å². The number of aryl methyl sites for hydroxylation is 1. The van der Waals surface area contributed by atoms with Crippen molar-refractivity contribution >= 4 is 24.2 Å². The van der Waals surface area contributed by atoms with E-state index >= 15 is 0 Å². The molecule has 2 aromatic rings. The van der Waals surface area contributed by atoms with Crippen LogP contribution in [0, 0.1) is 54.8 Å². The monoisotopic (exact) mass is 612 g/mol. The van der Waals surface area contributed by atoms with Crippen molar-refractivity contribution in [2.24, 2.45) is 5.92 Å². The minimum atomic E-state index is -4.48. The fourth-order valence-electron chi connectivity index (χ4n) is 3.45. The number of nitrogens with one attached hydrogen (secondary N) is 2. The molecule has 0 aliphatic heterocycles. The van der Waals surface area contributed by atoms with Gasteiger partial charge in [0.25, 0.3) is 0 Å². The van der Waals surface area contributed by atoms with Gasteiger partial charge in [0.15, 0.2) is 0 Å². The second-order valence-corrected chi connectivity index (χ2v) is 6.42. The van der Waals surface area contributed by atoms with Gasteiger partial charge in [-0.2, -0.15) is 13.2 Å². The Balaban J connectivity index is 0.00000127. The molecule has 0 amide bonds. The molecule has 1 aliphatic carbocycles. The molecule has 2 aromatic heterocycles. The molecule has 0 spiro atoms. The minimum Gasteiger partial charge on any atom is -0.522 e. The molecule has 2 heterocycles. The predicted molar refractivity (Wildman–Crippen MR) is 101 cm³/mol. The summed E-state index contributed by atoms with van der Waals surface area (Å²) in [6.45, 7) is 9.27. The van der Waals surface area contributed by atoms with Gasteiger partial charge >= 0.3 is 37.3 Å². The minimum absolute atomic E-state index is 0. The molecule has 4 nitrogen and oxygen atoms in total. The van der Waals surface area contributed by atoms with Gasteiger partial charge in [-0.1, -0.05) is 30.7 Å². The first-order chi connectivity index (χ1) is 12.8. The van der Waals surface area contributed by atoms with Crippen LogP contribution in [0.2, 0.25) is 0 Å². The second kappa shape index (κ2) is 10.2. The van der Waals surface area contributed by atoms with Crippen LogP contribution < -0.4 is 0 Å². The quantitative estimate of drug-likeness (QED) is 0.273. The van der Waals surface area contributed by atoms with Gasteiger partial charge < -0.3 is 21.9 Å². The first-order valence-electron chi connectivity index (χ1n) is 8.49. The Morgan fingerprint density at radius 3 is 2.46 bits per heavy atom. The van der Waals surface area contributed by atoms with Crippen LogP contribution in [0.25, 0.3) is 11.2 Å². The van der Waals surface area contributed by atoms with E-state index in [1.165, 1.54) is 24.4 Å². The molecular formula is C20H21F3N4U. The van der Waals surface area contributed by atoms with E-state index in [0.29, 0.717) is 16.9 Å². The van der Waals surface area contributed by atoms with E-state index < -0.39 is 11.7 Å². The number of fused-ring (bicyclic) bond motifs is 1. The van der Waals surface area contributed by atoms with E-state index in [1.54, 1.807) is 11.3 Å². The average molecular weight is 612 g/mol. The van der Waals surface area contributed by atoms with Gasteiger partial charge in [0.1, 0.15) is 5.65 Å². The maximum absolute atomic E-state index is 13.7. The summed E-state index contributed by atoms with van der Waals surface area (Å²) in [7, 11) is 0. The van der Waals surface area contributed by atoms with Gasteiger partial charge in [0.2, 0.25) is 0 Å². The first kappa shape index (κ1) is 24.4. The molecule has 1 fully saturated rings. The van der Waals surface area contributed by atoms with Crippen LogP contribution in [-0.4, -0.2) is 28.5 Å². The van der Waals surface area contributed by atoms with E-state index in [2.05, 4.69) is 24.5 Å². The molecule has 2 N–H and O–H groups in total. The van der Waals surface area contributed by atoms with Crippen molar-refractivity contribution in [1.29, 1.82) is 10.8 Å². The van der Waals surface area contributed by atoms with Crippen molar-refractivity contribution in [3.63, 3.8) is 0 Å². The van der Waals surface area contributed by atoms with Crippen LogP contribution in [0.15, 0.2) is 36.6 Å². The van der Waals surface area contributed by atoms with E-state index in [0.717, 1.165) is 25.7 Å². The number of halogens is 3. The number of hydrogen-bond acceptors (Lipinski definition) is 3. The Hall–Kier alpha value is -1.65. The largest absolute Gasteiger partial charge is 2.00 e. The molecular weight excluding hydrogens is 591 g/mol. The molecule has 8 heteroatoms. The fourth-order valence-corrected chi connectivity index (χ4v) is 3.45. The number of aromatic nitrogens is 2. The van der Waals surface area contributed by atoms with Crippen molar-refractivity contribution in [1.82, 2.24) is 9.38 Å². The number of alkyl halides is 3. The third-order valence-electron chi connectivity index (χ3n) is 4.82. The predicted octanol–water partition coefficient (Wildman–Crippen LogP) is 5.35. The van der Waals surface area contributed by atoms with Gasteiger partial charge in [-0.15, -0.1) is 12.4 Å². The zero-order valence-electron chi connectivity index (χ0n) is 15.5. The average Bonchev–Trinajstić information content (AvgIpc) is 3.31. The SMILES string of the molecule is C=C(/C=C(\c1ccc2nc([C-]=N)cn2c1C)C(F)(F)F)C1CCCC1.[CH-]=N.[U+2]. The molecule has 1 saturated carbocycles. The second-order valence-electron chi connectivity index (χ2n) is 6.42. The molecule has 0 atom stereocenters. The van der Waals surface area contributed by atoms with Crippen molar-refractivity contribution in [2.75, 3.05) is 0 Å². The number of allylic oxidation sites excluding steroid dienone is 3. The van der Waals surface area contributed by atoms with Crippen LogP contribution in [0.5, 0.6) is 0 Å².